The van der Waals surface area contributed by atoms with Gasteiger partial charge in [0.2, 0.25) is 5.88 Å². The second-order valence-electron chi connectivity index (χ2n) is 6.99. The predicted molar refractivity (Wildman–Crippen MR) is 119 cm³/mol. The van der Waals surface area contributed by atoms with Crippen molar-refractivity contribution in [1.82, 2.24) is 4.57 Å². The van der Waals surface area contributed by atoms with Gasteiger partial charge in [-0.2, -0.15) is 0 Å². The lowest BCUT2D eigenvalue weighted by atomic mass is 10.2. The van der Waals surface area contributed by atoms with E-state index in [-0.39, 0.29) is 22.9 Å². The van der Waals surface area contributed by atoms with E-state index in [0.29, 0.717) is 23.4 Å². The molecule has 0 radical (unpaired) electrons. The van der Waals surface area contributed by atoms with E-state index >= 15 is 0 Å². The van der Waals surface area contributed by atoms with Crippen molar-refractivity contribution in [3.05, 3.63) is 77.9 Å². The molecule has 162 valence electrons. The maximum atomic E-state index is 12.4. The van der Waals surface area contributed by atoms with Gasteiger partial charge < -0.3 is 24.3 Å². The zero-order chi connectivity index (χ0) is 22.7. The van der Waals surface area contributed by atoms with E-state index in [2.05, 4.69) is 10.2 Å². The molecule has 0 atom stereocenters. The molecule has 8 heteroatoms. The highest BCUT2D eigenvalue weighted by atomic mass is 16.5. The lowest BCUT2D eigenvalue weighted by Crippen LogP contribution is -2.00. The van der Waals surface area contributed by atoms with Gasteiger partial charge in [-0.15, -0.1) is 10.2 Å². The number of benzene rings is 3. The summed E-state index contributed by atoms with van der Waals surface area (Å²) in [5.41, 5.74) is 1.80. The van der Waals surface area contributed by atoms with Crippen LogP contribution < -0.4 is 9.47 Å². The van der Waals surface area contributed by atoms with Crippen LogP contribution in [-0.2, 0) is 6.54 Å². The molecule has 0 aliphatic rings. The lowest BCUT2D eigenvalue weighted by Gasteiger charge is -2.11. The summed E-state index contributed by atoms with van der Waals surface area (Å²) in [6, 6.07) is 18.9. The highest BCUT2D eigenvalue weighted by Gasteiger charge is 2.18. The zero-order valence-corrected chi connectivity index (χ0v) is 17.5. The van der Waals surface area contributed by atoms with Crippen LogP contribution in [0.5, 0.6) is 23.1 Å². The largest absolute Gasteiger partial charge is 0.507 e. The van der Waals surface area contributed by atoms with Gasteiger partial charge in [0.25, 0.3) is 5.91 Å². The minimum atomic E-state index is -0.709. The summed E-state index contributed by atoms with van der Waals surface area (Å²) in [6.07, 6.45) is 0. The number of carbonyl (C=O) groups excluding carboxylic acids is 1. The van der Waals surface area contributed by atoms with Crippen LogP contribution in [0.3, 0.4) is 0 Å². The van der Waals surface area contributed by atoms with Crippen LogP contribution in [-0.4, -0.2) is 34.9 Å². The molecule has 0 unspecified atom stereocenters. The molecule has 8 nitrogen and oxygen atoms in total. The lowest BCUT2D eigenvalue weighted by molar-refractivity contribution is 0.0992. The molecule has 1 heterocycles. The predicted octanol–water partition coefficient (Wildman–Crippen LogP) is 5.04. The van der Waals surface area contributed by atoms with Crippen molar-refractivity contribution in [3.8, 4) is 23.1 Å². The van der Waals surface area contributed by atoms with Gasteiger partial charge in [0, 0.05) is 5.39 Å². The molecule has 32 heavy (non-hydrogen) atoms. The molecule has 2 N–H and O–H groups in total. The van der Waals surface area contributed by atoms with Crippen LogP contribution in [0, 0.1) is 0 Å². The first-order valence-electron chi connectivity index (χ1n) is 9.78. The maximum Gasteiger partial charge on any atom is 0.299 e. The second kappa shape index (κ2) is 8.81. The Balaban J connectivity index is 1.73. The fourth-order valence-corrected chi connectivity index (χ4v) is 3.50. The smallest absolute Gasteiger partial charge is 0.299 e. The van der Waals surface area contributed by atoms with E-state index in [1.165, 1.54) is 12.1 Å². The Labute approximate surface area is 184 Å². The number of carbonyl (C=O) groups is 1. The van der Waals surface area contributed by atoms with E-state index in [0.717, 1.165) is 11.1 Å². The number of ether oxygens (including phenoxy) is 2. The first-order chi connectivity index (χ1) is 15.5. The third-order valence-corrected chi connectivity index (χ3v) is 5.08. The van der Waals surface area contributed by atoms with Crippen LogP contribution in [0.25, 0.3) is 10.9 Å². The normalized spacial score (nSPS) is 11.2. The van der Waals surface area contributed by atoms with E-state index in [9.17, 15) is 15.0 Å². The number of phenols is 1. The first-order valence-corrected chi connectivity index (χ1v) is 9.78. The fraction of sp³-hybridized carbons (Fsp3) is 0.125. The molecule has 0 spiro atoms. The molecular weight excluding hydrogens is 410 g/mol. The Morgan fingerprint density at radius 1 is 0.938 bits per heavy atom. The number of para-hydroxylation sites is 2. The topological polar surface area (TPSA) is 106 Å². The number of nitrogens with zero attached hydrogens (tertiary/aromatic N) is 3. The Bertz CT molecular complexity index is 1330. The Kier molecular flexibility index (Phi) is 5.76. The van der Waals surface area contributed by atoms with Gasteiger partial charge in [0.15, 0.2) is 17.2 Å². The van der Waals surface area contributed by atoms with Gasteiger partial charge in [-0.1, -0.05) is 36.4 Å². The molecule has 1 aromatic heterocycles. The third kappa shape index (κ3) is 3.85. The van der Waals surface area contributed by atoms with Crippen molar-refractivity contribution in [2.24, 2.45) is 10.2 Å². The summed E-state index contributed by atoms with van der Waals surface area (Å²) in [5.74, 6) is 0.162. The van der Waals surface area contributed by atoms with E-state index in [4.69, 9.17) is 9.47 Å². The average Bonchev–Trinajstić information content (AvgIpc) is 3.08. The van der Waals surface area contributed by atoms with Gasteiger partial charge in [0.1, 0.15) is 5.75 Å². The summed E-state index contributed by atoms with van der Waals surface area (Å²) in [4.78, 5) is 12.4. The molecule has 4 rings (SSSR count). The number of aromatic hydroxyl groups is 2. The van der Waals surface area contributed by atoms with Gasteiger partial charge >= 0.3 is 0 Å². The average molecular weight is 431 g/mol. The molecule has 0 saturated carbocycles. The molecule has 1 amide bonds. The molecule has 4 aromatic rings. The first kappa shape index (κ1) is 20.9. The summed E-state index contributed by atoms with van der Waals surface area (Å²) in [7, 11) is 3.13. The van der Waals surface area contributed by atoms with Crippen LogP contribution in [0.4, 0.5) is 5.69 Å². The number of aromatic nitrogens is 1. The van der Waals surface area contributed by atoms with E-state index in [1.54, 1.807) is 43.1 Å². The molecule has 0 saturated heterocycles. The zero-order valence-electron chi connectivity index (χ0n) is 17.5. The summed E-state index contributed by atoms with van der Waals surface area (Å²) in [5, 5.41) is 29.2. The SMILES string of the molecule is COc1ccc(Cn2c(O)c(N=NC(=O)c3ccccc3O)c3ccccc32)cc1OC. The number of amides is 1. The quantitative estimate of drug-likeness (QED) is 0.416. The summed E-state index contributed by atoms with van der Waals surface area (Å²) >= 11 is 0. The van der Waals surface area contributed by atoms with Crippen molar-refractivity contribution in [2.75, 3.05) is 14.2 Å². The van der Waals surface area contributed by atoms with Crippen LogP contribution >= 0.6 is 0 Å². The van der Waals surface area contributed by atoms with Crippen molar-refractivity contribution >= 4 is 22.5 Å². The number of fused-ring (bicyclic) bond motifs is 1. The molecule has 0 aliphatic heterocycles. The standard InChI is InChI=1S/C24H21N3O5/c1-31-20-12-11-15(13-21(20)32-2)14-27-18-9-5-3-7-16(18)22(24(27)30)25-26-23(29)17-8-4-6-10-19(17)28/h3-13,28,30H,14H2,1-2H3. The highest BCUT2D eigenvalue weighted by Crippen LogP contribution is 2.40. The second-order valence-corrected chi connectivity index (χ2v) is 6.99. The van der Waals surface area contributed by atoms with Crippen molar-refractivity contribution in [3.63, 3.8) is 0 Å². The fourth-order valence-electron chi connectivity index (χ4n) is 3.50. The van der Waals surface area contributed by atoms with Crippen molar-refractivity contribution in [2.45, 2.75) is 6.54 Å². The molecule has 0 bridgehead atoms. The summed E-state index contributed by atoms with van der Waals surface area (Å²) < 4.78 is 12.3. The van der Waals surface area contributed by atoms with Crippen LogP contribution in [0.2, 0.25) is 0 Å². The molecular formula is C24H21N3O5. The molecule has 3 aromatic carbocycles. The van der Waals surface area contributed by atoms with Gasteiger partial charge in [-0.05, 0) is 35.9 Å². The minimum Gasteiger partial charge on any atom is -0.507 e. The number of phenolic OH excluding ortho intramolecular Hbond substituents is 1. The van der Waals surface area contributed by atoms with Crippen LogP contribution in [0.15, 0.2) is 77.0 Å². The number of azo groups is 1. The highest BCUT2D eigenvalue weighted by molar-refractivity contribution is 5.98. The number of hydrogen-bond acceptors (Lipinski definition) is 6. The van der Waals surface area contributed by atoms with Gasteiger partial charge in [-0.3, -0.25) is 4.79 Å². The summed E-state index contributed by atoms with van der Waals surface area (Å²) in [6.45, 7) is 0.329. The Morgan fingerprint density at radius 2 is 1.66 bits per heavy atom. The van der Waals surface area contributed by atoms with Gasteiger partial charge in [-0.25, -0.2) is 0 Å². The third-order valence-electron chi connectivity index (χ3n) is 5.08. The Morgan fingerprint density at radius 3 is 2.41 bits per heavy atom. The van der Waals surface area contributed by atoms with Gasteiger partial charge in [0.05, 0.1) is 31.8 Å². The number of rotatable bonds is 6. The molecule has 0 aliphatic carbocycles. The number of hydrogen-bond donors (Lipinski definition) is 2. The molecule has 0 fully saturated rings. The minimum absolute atomic E-state index is 0.0322. The van der Waals surface area contributed by atoms with E-state index < -0.39 is 5.91 Å². The maximum absolute atomic E-state index is 12.4. The number of methoxy groups -OCH3 is 2. The van der Waals surface area contributed by atoms with Crippen LogP contribution in [0.1, 0.15) is 15.9 Å². The van der Waals surface area contributed by atoms with Crippen molar-refractivity contribution < 1.29 is 24.5 Å². The monoisotopic (exact) mass is 431 g/mol. The van der Waals surface area contributed by atoms with E-state index in [1.807, 2.05) is 30.3 Å². The Hall–Kier alpha value is -4.33. The van der Waals surface area contributed by atoms with Crippen molar-refractivity contribution in [1.29, 1.82) is 0 Å².